The minimum atomic E-state index is 0.417. The molecule has 1 saturated carbocycles. The number of nitrogens with zero attached hydrogens (tertiary/aromatic N) is 2. The molecule has 0 bridgehead atoms. The van der Waals surface area contributed by atoms with Crippen molar-refractivity contribution in [3.05, 3.63) is 10.6 Å². The van der Waals surface area contributed by atoms with Gasteiger partial charge < -0.3 is 4.57 Å². The van der Waals surface area contributed by atoms with Gasteiger partial charge in [-0.25, -0.2) is 0 Å². The standard InChI is InChI=1S/C9H15N3S/c1-6(2)12-8(5-7-3-4-7)10-11-9(12)13/h6-7H,3-5H2,1-2H3,(H,11,13). The fraction of sp³-hybridized carbons (Fsp3) is 0.778. The Labute approximate surface area is 83.2 Å². The normalized spacial score (nSPS) is 16.8. The Kier molecular flexibility index (Phi) is 2.24. The van der Waals surface area contributed by atoms with Gasteiger partial charge in [0.25, 0.3) is 0 Å². The molecule has 72 valence electrons. The predicted octanol–water partition coefficient (Wildman–Crippen LogP) is 2.47. The molecule has 0 unspecified atom stereocenters. The summed E-state index contributed by atoms with van der Waals surface area (Å²) in [5.74, 6) is 1.99. The zero-order chi connectivity index (χ0) is 9.42. The first-order valence-corrected chi connectivity index (χ1v) is 5.25. The summed E-state index contributed by atoms with van der Waals surface area (Å²) in [6.45, 7) is 4.28. The zero-order valence-electron chi connectivity index (χ0n) is 8.08. The first kappa shape index (κ1) is 8.94. The van der Waals surface area contributed by atoms with Crippen LogP contribution in [0, 0.1) is 10.7 Å². The molecule has 0 aromatic carbocycles. The lowest BCUT2D eigenvalue weighted by molar-refractivity contribution is 0.551. The second-order valence-corrected chi connectivity index (χ2v) is 4.44. The highest BCUT2D eigenvalue weighted by atomic mass is 32.1. The molecule has 4 heteroatoms. The summed E-state index contributed by atoms with van der Waals surface area (Å²) in [6, 6.07) is 0.417. The average molecular weight is 197 g/mol. The molecule has 1 heterocycles. The summed E-state index contributed by atoms with van der Waals surface area (Å²) >= 11 is 5.17. The van der Waals surface area contributed by atoms with Gasteiger partial charge in [-0.2, -0.15) is 5.10 Å². The second-order valence-electron chi connectivity index (χ2n) is 4.06. The number of hydrogen-bond acceptors (Lipinski definition) is 2. The van der Waals surface area contributed by atoms with E-state index in [2.05, 4.69) is 28.6 Å². The molecule has 0 radical (unpaired) electrons. The van der Waals surface area contributed by atoms with Crippen molar-refractivity contribution in [2.75, 3.05) is 0 Å². The van der Waals surface area contributed by atoms with Crippen LogP contribution in [0.1, 0.15) is 38.6 Å². The van der Waals surface area contributed by atoms with Crippen molar-refractivity contribution in [2.45, 2.75) is 39.2 Å². The molecule has 1 aromatic heterocycles. The molecule has 3 nitrogen and oxygen atoms in total. The maximum absolute atomic E-state index is 5.17. The molecule has 13 heavy (non-hydrogen) atoms. The third kappa shape index (κ3) is 1.82. The molecule has 1 fully saturated rings. The SMILES string of the molecule is CC(C)n1c(CC2CC2)n[nH]c1=S. The summed E-state index contributed by atoms with van der Waals surface area (Å²) in [4.78, 5) is 0. The molecule has 1 aromatic rings. The van der Waals surface area contributed by atoms with Gasteiger partial charge in [-0.3, -0.25) is 5.10 Å². The van der Waals surface area contributed by atoms with E-state index < -0.39 is 0 Å². The summed E-state index contributed by atoms with van der Waals surface area (Å²) in [5, 5.41) is 7.13. The molecule has 1 aliphatic rings. The zero-order valence-corrected chi connectivity index (χ0v) is 8.90. The topological polar surface area (TPSA) is 33.6 Å². The van der Waals surface area contributed by atoms with Crippen LogP contribution in [-0.4, -0.2) is 14.8 Å². The molecule has 0 saturated heterocycles. The highest BCUT2D eigenvalue weighted by Crippen LogP contribution is 2.32. The van der Waals surface area contributed by atoms with Crippen LogP contribution < -0.4 is 0 Å². The van der Waals surface area contributed by atoms with Crippen molar-refractivity contribution in [3.8, 4) is 0 Å². The number of rotatable bonds is 3. The number of hydrogen-bond donors (Lipinski definition) is 1. The van der Waals surface area contributed by atoms with Crippen molar-refractivity contribution >= 4 is 12.2 Å². The molecule has 0 amide bonds. The van der Waals surface area contributed by atoms with Gasteiger partial charge in [0.1, 0.15) is 5.82 Å². The van der Waals surface area contributed by atoms with E-state index in [1.165, 1.54) is 12.8 Å². The minimum Gasteiger partial charge on any atom is -0.302 e. The number of nitrogens with one attached hydrogen (secondary N) is 1. The van der Waals surface area contributed by atoms with Crippen LogP contribution >= 0.6 is 12.2 Å². The van der Waals surface area contributed by atoms with E-state index in [9.17, 15) is 0 Å². The van der Waals surface area contributed by atoms with Gasteiger partial charge in [-0.15, -0.1) is 0 Å². The number of aromatic amines is 1. The molecular weight excluding hydrogens is 182 g/mol. The van der Waals surface area contributed by atoms with E-state index in [0.717, 1.165) is 22.9 Å². The Morgan fingerprint density at radius 2 is 2.31 bits per heavy atom. The Morgan fingerprint density at radius 1 is 1.62 bits per heavy atom. The predicted molar refractivity (Wildman–Crippen MR) is 54.2 cm³/mol. The lowest BCUT2D eigenvalue weighted by Gasteiger charge is -2.09. The van der Waals surface area contributed by atoms with E-state index in [0.29, 0.717) is 6.04 Å². The first-order chi connectivity index (χ1) is 6.18. The van der Waals surface area contributed by atoms with Gasteiger partial charge in [0.2, 0.25) is 0 Å². The lowest BCUT2D eigenvalue weighted by Crippen LogP contribution is -2.07. The third-order valence-corrected chi connectivity index (χ3v) is 2.75. The van der Waals surface area contributed by atoms with Crippen molar-refractivity contribution < 1.29 is 0 Å². The van der Waals surface area contributed by atoms with Crippen LogP contribution in [0.3, 0.4) is 0 Å². The molecule has 0 spiro atoms. The first-order valence-electron chi connectivity index (χ1n) is 4.84. The second kappa shape index (κ2) is 3.25. The third-order valence-electron chi connectivity index (χ3n) is 2.46. The van der Waals surface area contributed by atoms with Crippen LogP contribution in [0.2, 0.25) is 0 Å². The van der Waals surface area contributed by atoms with E-state index >= 15 is 0 Å². The molecular formula is C9H15N3S. The van der Waals surface area contributed by atoms with Gasteiger partial charge in [0, 0.05) is 12.5 Å². The quantitative estimate of drug-likeness (QED) is 0.755. The van der Waals surface area contributed by atoms with Gasteiger partial charge >= 0.3 is 0 Å². The van der Waals surface area contributed by atoms with Gasteiger partial charge in [0.15, 0.2) is 4.77 Å². The molecule has 0 aliphatic heterocycles. The Balaban J connectivity index is 2.27. The van der Waals surface area contributed by atoms with Gasteiger partial charge in [-0.05, 0) is 44.8 Å². The monoisotopic (exact) mass is 197 g/mol. The van der Waals surface area contributed by atoms with Crippen molar-refractivity contribution in [2.24, 2.45) is 5.92 Å². The summed E-state index contributed by atoms with van der Waals surface area (Å²) in [7, 11) is 0. The molecule has 0 atom stereocenters. The summed E-state index contributed by atoms with van der Waals surface area (Å²) < 4.78 is 2.87. The summed E-state index contributed by atoms with van der Waals surface area (Å²) in [5.41, 5.74) is 0. The van der Waals surface area contributed by atoms with E-state index in [-0.39, 0.29) is 0 Å². The molecule has 2 rings (SSSR count). The van der Waals surface area contributed by atoms with E-state index in [1.807, 2.05) is 0 Å². The molecule has 1 aliphatic carbocycles. The van der Waals surface area contributed by atoms with Crippen molar-refractivity contribution in [3.63, 3.8) is 0 Å². The Bertz CT molecular complexity index is 346. The van der Waals surface area contributed by atoms with E-state index in [4.69, 9.17) is 12.2 Å². The van der Waals surface area contributed by atoms with Crippen LogP contribution in [0.15, 0.2) is 0 Å². The summed E-state index contributed by atoms with van der Waals surface area (Å²) in [6.07, 6.45) is 3.81. The maximum atomic E-state index is 5.17. The van der Waals surface area contributed by atoms with Gasteiger partial charge in [-0.1, -0.05) is 0 Å². The van der Waals surface area contributed by atoms with Crippen LogP contribution in [0.5, 0.6) is 0 Å². The smallest absolute Gasteiger partial charge is 0.195 e. The minimum absolute atomic E-state index is 0.417. The number of aromatic nitrogens is 3. The van der Waals surface area contributed by atoms with Crippen molar-refractivity contribution in [1.29, 1.82) is 0 Å². The fourth-order valence-electron chi connectivity index (χ4n) is 1.59. The molecule has 1 N–H and O–H groups in total. The Morgan fingerprint density at radius 3 is 2.85 bits per heavy atom. The lowest BCUT2D eigenvalue weighted by atomic mass is 10.2. The van der Waals surface area contributed by atoms with Crippen molar-refractivity contribution in [1.82, 2.24) is 14.8 Å². The van der Waals surface area contributed by atoms with Crippen LogP contribution in [-0.2, 0) is 6.42 Å². The van der Waals surface area contributed by atoms with Crippen LogP contribution in [0.25, 0.3) is 0 Å². The maximum Gasteiger partial charge on any atom is 0.195 e. The van der Waals surface area contributed by atoms with E-state index in [1.54, 1.807) is 0 Å². The average Bonchev–Trinajstić information content (AvgIpc) is 2.76. The highest BCUT2D eigenvalue weighted by molar-refractivity contribution is 7.71. The van der Waals surface area contributed by atoms with Crippen LogP contribution in [0.4, 0.5) is 0 Å². The Hall–Kier alpha value is -0.640. The highest BCUT2D eigenvalue weighted by Gasteiger charge is 2.24. The fourth-order valence-corrected chi connectivity index (χ4v) is 1.96. The van der Waals surface area contributed by atoms with Gasteiger partial charge in [0.05, 0.1) is 0 Å². The largest absolute Gasteiger partial charge is 0.302 e. The number of H-pyrrole nitrogens is 1.